The van der Waals surface area contributed by atoms with Crippen LogP contribution < -0.4 is 11.1 Å². The van der Waals surface area contributed by atoms with Gasteiger partial charge in [-0.15, -0.1) is 6.42 Å². The summed E-state index contributed by atoms with van der Waals surface area (Å²) < 4.78 is 0. The lowest BCUT2D eigenvalue weighted by molar-refractivity contribution is 0.0945. The first-order valence-electron chi connectivity index (χ1n) is 5.71. The predicted molar refractivity (Wildman–Crippen MR) is 70.6 cm³/mol. The van der Waals surface area contributed by atoms with E-state index in [1.165, 1.54) is 0 Å². The van der Waals surface area contributed by atoms with Gasteiger partial charge in [0, 0.05) is 5.69 Å². The van der Waals surface area contributed by atoms with Crippen molar-refractivity contribution in [3.8, 4) is 12.3 Å². The number of carbonyl (C=O) groups excluding carboxylic acids is 1. The first-order valence-corrected chi connectivity index (χ1v) is 5.71. The maximum Gasteiger partial charge on any atom is 0.254 e. The second kappa shape index (κ2) is 5.95. The molecule has 3 nitrogen and oxygen atoms in total. The van der Waals surface area contributed by atoms with Crippen LogP contribution in [0, 0.1) is 19.3 Å². The lowest BCUT2D eigenvalue weighted by Gasteiger charge is -2.13. The minimum Gasteiger partial charge on any atom is -0.398 e. The van der Waals surface area contributed by atoms with E-state index < -0.39 is 0 Å². The Labute approximate surface area is 102 Å². The molecule has 0 spiro atoms. The van der Waals surface area contributed by atoms with Crippen LogP contribution in [0.5, 0.6) is 0 Å². The third-order valence-corrected chi connectivity index (χ3v) is 2.54. The van der Waals surface area contributed by atoms with Crippen molar-refractivity contribution < 1.29 is 4.79 Å². The molecular weight excluding hydrogens is 212 g/mol. The number of benzene rings is 1. The van der Waals surface area contributed by atoms with Crippen LogP contribution in [-0.2, 0) is 0 Å². The van der Waals surface area contributed by atoms with Gasteiger partial charge in [0.2, 0.25) is 0 Å². The van der Waals surface area contributed by atoms with Gasteiger partial charge in [-0.2, -0.15) is 0 Å². The van der Waals surface area contributed by atoms with E-state index in [1.807, 2.05) is 19.9 Å². The second-order valence-corrected chi connectivity index (χ2v) is 4.07. The number of hydrogen-bond acceptors (Lipinski definition) is 2. The quantitative estimate of drug-likeness (QED) is 0.615. The number of nitrogens with two attached hydrogens (primary N) is 1. The summed E-state index contributed by atoms with van der Waals surface area (Å²) in [5.74, 6) is 2.36. The monoisotopic (exact) mass is 230 g/mol. The van der Waals surface area contributed by atoms with Gasteiger partial charge in [-0.3, -0.25) is 4.79 Å². The van der Waals surface area contributed by atoms with Crippen molar-refractivity contribution in [1.82, 2.24) is 5.32 Å². The molecule has 1 atom stereocenters. The molecule has 0 bridgehead atoms. The molecular formula is C14H18N2O. The number of amides is 1. The predicted octanol–water partition coefficient (Wildman–Crippen LogP) is 2.11. The fraction of sp³-hybridized carbons (Fsp3) is 0.357. The smallest absolute Gasteiger partial charge is 0.254 e. The zero-order valence-corrected chi connectivity index (χ0v) is 10.3. The maximum atomic E-state index is 12.0. The molecule has 0 saturated heterocycles. The molecule has 3 heteroatoms. The molecule has 1 amide bonds. The van der Waals surface area contributed by atoms with Crippen LogP contribution >= 0.6 is 0 Å². The van der Waals surface area contributed by atoms with Crippen LogP contribution in [0.3, 0.4) is 0 Å². The summed E-state index contributed by atoms with van der Waals surface area (Å²) in [4.78, 5) is 12.0. The Balaban J connectivity index is 2.83. The molecule has 1 unspecified atom stereocenters. The van der Waals surface area contributed by atoms with Gasteiger partial charge in [0.1, 0.15) is 0 Å². The lowest BCUT2D eigenvalue weighted by atomic mass is 10.1. The molecule has 0 saturated carbocycles. The van der Waals surface area contributed by atoms with Gasteiger partial charge in [-0.05, 0) is 25.5 Å². The zero-order chi connectivity index (χ0) is 12.8. The fourth-order valence-corrected chi connectivity index (χ4v) is 1.59. The van der Waals surface area contributed by atoms with Crippen LogP contribution in [0.2, 0.25) is 0 Å². The highest BCUT2D eigenvalue weighted by Gasteiger charge is 2.13. The van der Waals surface area contributed by atoms with Crippen molar-refractivity contribution in [2.45, 2.75) is 32.7 Å². The van der Waals surface area contributed by atoms with E-state index in [4.69, 9.17) is 12.2 Å². The molecule has 90 valence electrons. The summed E-state index contributed by atoms with van der Waals surface area (Å²) in [6.45, 7) is 3.94. The molecule has 0 aliphatic rings. The van der Waals surface area contributed by atoms with Crippen LogP contribution in [0.1, 0.15) is 35.7 Å². The summed E-state index contributed by atoms with van der Waals surface area (Å²) in [5.41, 5.74) is 7.73. The number of terminal acetylenes is 1. The van der Waals surface area contributed by atoms with E-state index in [-0.39, 0.29) is 11.9 Å². The molecule has 1 aromatic rings. The normalized spacial score (nSPS) is 11.6. The highest BCUT2D eigenvalue weighted by atomic mass is 16.1. The van der Waals surface area contributed by atoms with Crippen molar-refractivity contribution >= 4 is 11.6 Å². The first kappa shape index (κ1) is 13.1. The van der Waals surface area contributed by atoms with Gasteiger partial charge in [0.15, 0.2) is 0 Å². The van der Waals surface area contributed by atoms with Crippen molar-refractivity contribution in [2.24, 2.45) is 0 Å². The van der Waals surface area contributed by atoms with E-state index in [2.05, 4.69) is 11.2 Å². The number of rotatable bonds is 4. The highest BCUT2D eigenvalue weighted by molar-refractivity contribution is 5.99. The standard InChI is InChI=1S/C14H18N2O/c1-4-6-11(5-2)16-14(17)12-9-10(3)7-8-13(12)15/h2,7-9,11H,4,6,15H2,1,3H3,(H,16,17). The Morgan fingerprint density at radius 2 is 2.29 bits per heavy atom. The van der Waals surface area contributed by atoms with E-state index in [1.54, 1.807) is 12.1 Å². The summed E-state index contributed by atoms with van der Waals surface area (Å²) in [6, 6.07) is 5.14. The number of nitrogens with one attached hydrogen (secondary N) is 1. The molecule has 0 aliphatic heterocycles. The minimum atomic E-state index is -0.229. The Bertz CT molecular complexity index is 446. The average Bonchev–Trinajstić information content (AvgIpc) is 2.31. The molecule has 3 N–H and O–H groups in total. The zero-order valence-electron chi connectivity index (χ0n) is 10.3. The molecule has 0 aliphatic carbocycles. The van der Waals surface area contributed by atoms with Gasteiger partial charge in [0.05, 0.1) is 11.6 Å². The topological polar surface area (TPSA) is 55.1 Å². The lowest BCUT2D eigenvalue weighted by Crippen LogP contribution is -2.34. The first-order chi connectivity index (χ1) is 8.08. The van der Waals surface area contributed by atoms with Crippen LogP contribution in [0.15, 0.2) is 18.2 Å². The van der Waals surface area contributed by atoms with Crippen LogP contribution in [0.4, 0.5) is 5.69 Å². The van der Waals surface area contributed by atoms with Gasteiger partial charge >= 0.3 is 0 Å². The van der Waals surface area contributed by atoms with Crippen LogP contribution in [0.25, 0.3) is 0 Å². The van der Waals surface area contributed by atoms with Crippen molar-refractivity contribution in [2.75, 3.05) is 5.73 Å². The molecule has 0 radical (unpaired) electrons. The molecule has 0 aromatic heterocycles. The van der Waals surface area contributed by atoms with Crippen LogP contribution in [-0.4, -0.2) is 11.9 Å². The highest BCUT2D eigenvalue weighted by Crippen LogP contribution is 2.14. The maximum absolute atomic E-state index is 12.0. The third-order valence-electron chi connectivity index (χ3n) is 2.54. The molecule has 0 heterocycles. The van der Waals surface area contributed by atoms with E-state index in [0.717, 1.165) is 18.4 Å². The molecule has 1 aromatic carbocycles. The minimum absolute atomic E-state index is 0.206. The van der Waals surface area contributed by atoms with Crippen molar-refractivity contribution in [3.63, 3.8) is 0 Å². The largest absolute Gasteiger partial charge is 0.398 e. The number of anilines is 1. The second-order valence-electron chi connectivity index (χ2n) is 4.07. The van der Waals surface area contributed by atoms with Crippen molar-refractivity contribution in [1.29, 1.82) is 0 Å². The summed E-state index contributed by atoms with van der Waals surface area (Å²) in [7, 11) is 0. The van der Waals surface area contributed by atoms with Gasteiger partial charge in [-0.1, -0.05) is 30.9 Å². The SMILES string of the molecule is C#CC(CCC)NC(=O)c1cc(C)ccc1N. The molecule has 17 heavy (non-hydrogen) atoms. The number of hydrogen-bond donors (Lipinski definition) is 2. The summed E-state index contributed by atoms with van der Waals surface area (Å²) in [5, 5.41) is 2.80. The Morgan fingerprint density at radius 3 is 2.88 bits per heavy atom. The molecule has 0 fully saturated rings. The van der Waals surface area contributed by atoms with Crippen molar-refractivity contribution in [3.05, 3.63) is 29.3 Å². The molecule has 1 rings (SSSR count). The summed E-state index contributed by atoms with van der Waals surface area (Å²) >= 11 is 0. The average molecular weight is 230 g/mol. The van der Waals surface area contributed by atoms with Gasteiger partial charge in [-0.25, -0.2) is 0 Å². The van der Waals surface area contributed by atoms with E-state index >= 15 is 0 Å². The number of carbonyl (C=O) groups is 1. The van der Waals surface area contributed by atoms with Gasteiger partial charge < -0.3 is 11.1 Å². The Kier molecular flexibility index (Phi) is 4.59. The van der Waals surface area contributed by atoms with E-state index in [9.17, 15) is 4.79 Å². The Morgan fingerprint density at radius 1 is 1.59 bits per heavy atom. The van der Waals surface area contributed by atoms with Gasteiger partial charge in [0.25, 0.3) is 5.91 Å². The summed E-state index contributed by atoms with van der Waals surface area (Å²) in [6.07, 6.45) is 7.06. The fourth-order valence-electron chi connectivity index (χ4n) is 1.59. The number of nitrogen functional groups attached to an aromatic ring is 1. The Hall–Kier alpha value is -1.95. The number of aryl methyl sites for hydroxylation is 1. The van der Waals surface area contributed by atoms with E-state index in [0.29, 0.717) is 11.3 Å². The third kappa shape index (κ3) is 3.53.